The van der Waals surface area contributed by atoms with E-state index in [0.717, 1.165) is 11.1 Å². The van der Waals surface area contributed by atoms with Gasteiger partial charge in [0.2, 0.25) is 0 Å². The minimum absolute atomic E-state index is 0.310. The predicted molar refractivity (Wildman–Crippen MR) is 111 cm³/mol. The van der Waals surface area contributed by atoms with Crippen LogP contribution in [-0.2, 0) is 17.9 Å². The SMILES string of the molecule is CCOc1cc(CNC(CC(C)C)C(=O)O)ccc1OCc1ccc(C)cc1. The molecule has 0 aliphatic carbocycles. The molecule has 1 atom stereocenters. The van der Waals surface area contributed by atoms with Crippen LogP contribution < -0.4 is 14.8 Å². The molecule has 0 aliphatic heterocycles. The van der Waals surface area contributed by atoms with Crippen LogP contribution in [0.1, 0.15) is 43.9 Å². The molecule has 0 radical (unpaired) electrons. The first-order chi connectivity index (χ1) is 13.4. The highest BCUT2D eigenvalue weighted by Crippen LogP contribution is 2.29. The molecule has 0 spiro atoms. The zero-order chi connectivity index (χ0) is 20.5. The zero-order valence-corrected chi connectivity index (χ0v) is 17.2. The zero-order valence-electron chi connectivity index (χ0n) is 17.2. The summed E-state index contributed by atoms with van der Waals surface area (Å²) in [6, 6.07) is 13.4. The summed E-state index contributed by atoms with van der Waals surface area (Å²) in [4.78, 5) is 11.4. The first-order valence-electron chi connectivity index (χ1n) is 9.79. The Morgan fingerprint density at radius 2 is 1.71 bits per heavy atom. The van der Waals surface area contributed by atoms with Gasteiger partial charge in [0.25, 0.3) is 0 Å². The Balaban J connectivity index is 2.04. The van der Waals surface area contributed by atoms with Crippen LogP contribution in [-0.4, -0.2) is 23.7 Å². The first-order valence-corrected chi connectivity index (χ1v) is 9.79. The van der Waals surface area contributed by atoms with E-state index in [1.165, 1.54) is 5.56 Å². The second-order valence-corrected chi connectivity index (χ2v) is 7.39. The summed E-state index contributed by atoms with van der Waals surface area (Å²) in [7, 11) is 0. The van der Waals surface area contributed by atoms with Crippen molar-refractivity contribution in [2.24, 2.45) is 5.92 Å². The third-order valence-electron chi connectivity index (χ3n) is 4.38. The van der Waals surface area contributed by atoms with Gasteiger partial charge >= 0.3 is 5.97 Å². The lowest BCUT2D eigenvalue weighted by atomic mass is 10.0. The molecule has 0 bridgehead atoms. The number of nitrogens with one attached hydrogen (secondary N) is 1. The Morgan fingerprint density at radius 1 is 1.04 bits per heavy atom. The standard InChI is InChI=1S/C23H31NO4/c1-5-27-22-13-19(14-24-20(23(25)26)12-16(2)3)10-11-21(22)28-15-18-8-6-17(4)7-9-18/h6-11,13,16,20,24H,5,12,14-15H2,1-4H3,(H,25,26). The fraction of sp³-hybridized carbons (Fsp3) is 0.435. The highest BCUT2D eigenvalue weighted by Gasteiger charge is 2.18. The number of carboxylic acids is 1. The molecule has 2 aromatic rings. The lowest BCUT2D eigenvalue weighted by Gasteiger charge is -2.18. The third kappa shape index (κ3) is 6.89. The Labute approximate surface area is 167 Å². The van der Waals surface area contributed by atoms with E-state index in [1.54, 1.807) is 0 Å². The Hall–Kier alpha value is -2.53. The Kier molecular flexibility index (Phi) is 8.33. The van der Waals surface area contributed by atoms with Gasteiger partial charge in [-0.1, -0.05) is 49.7 Å². The fourth-order valence-electron chi connectivity index (χ4n) is 2.88. The van der Waals surface area contributed by atoms with Crippen LogP contribution >= 0.6 is 0 Å². The van der Waals surface area contributed by atoms with E-state index >= 15 is 0 Å². The summed E-state index contributed by atoms with van der Waals surface area (Å²) in [5, 5.41) is 12.5. The van der Waals surface area contributed by atoms with Crippen molar-refractivity contribution in [2.45, 2.75) is 53.3 Å². The maximum absolute atomic E-state index is 11.4. The van der Waals surface area contributed by atoms with Crippen molar-refractivity contribution in [3.63, 3.8) is 0 Å². The average Bonchev–Trinajstić information content (AvgIpc) is 2.65. The Bertz CT molecular complexity index is 756. The number of aliphatic carboxylic acids is 1. The molecule has 1 unspecified atom stereocenters. The molecule has 0 saturated carbocycles. The third-order valence-corrected chi connectivity index (χ3v) is 4.38. The molecule has 2 aromatic carbocycles. The van der Waals surface area contributed by atoms with Gasteiger partial charge in [-0.05, 0) is 49.4 Å². The van der Waals surface area contributed by atoms with Crippen molar-refractivity contribution < 1.29 is 19.4 Å². The normalized spacial score (nSPS) is 12.0. The predicted octanol–water partition coefficient (Wildman–Crippen LogP) is 4.56. The van der Waals surface area contributed by atoms with Crippen LogP contribution in [0.3, 0.4) is 0 Å². The van der Waals surface area contributed by atoms with Gasteiger partial charge in [0.1, 0.15) is 12.6 Å². The lowest BCUT2D eigenvalue weighted by molar-refractivity contribution is -0.140. The van der Waals surface area contributed by atoms with Crippen molar-refractivity contribution in [1.82, 2.24) is 5.32 Å². The van der Waals surface area contributed by atoms with Crippen molar-refractivity contribution >= 4 is 5.97 Å². The number of hydrogen-bond donors (Lipinski definition) is 2. The van der Waals surface area contributed by atoms with Gasteiger partial charge in [0.15, 0.2) is 11.5 Å². The molecule has 0 aliphatic rings. The van der Waals surface area contributed by atoms with Crippen LogP contribution in [0, 0.1) is 12.8 Å². The molecule has 5 heteroatoms. The second-order valence-electron chi connectivity index (χ2n) is 7.39. The monoisotopic (exact) mass is 385 g/mol. The molecule has 0 fully saturated rings. The van der Waals surface area contributed by atoms with E-state index in [4.69, 9.17) is 9.47 Å². The molecule has 0 heterocycles. The molecule has 152 valence electrons. The van der Waals surface area contributed by atoms with Crippen molar-refractivity contribution in [3.8, 4) is 11.5 Å². The van der Waals surface area contributed by atoms with E-state index in [-0.39, 0.29) is 0 Å². The number of rotatable bonds is 11. The van der Waals surface area contributed by atoms with Gasteiger partial charge in [0.05, 0.1) is 6.61 Å². The molecule has 0 amide bonds. The maximum atomic E-state index is 11.4. The largest absolute Gasteiger partial charge is 0.490 e. The number of carboxylic acid groups (broad SMARTS) is 1. The number of benzene rings is 2. The summed E-state index contributed by atoms with van der Waals surface area (Å²) in [6.45, 7) is 9.48. The summed E-state index contributed by atoms with van der Waals surface area (Å²) in [5.74, 6) is 0.842. The number of carbonyl (C=O) groups is 1. The van der Waals surface area contributed by atoms with Crippen LogP contribution in [0.2, 0.25) is 0 Å². The lowest BCUT2D eigenvalue weighted by Crippen LogP contribution is -2.37. The van der Waals surface area contributed by atoms with Crippen LogP contribution in [0.4, 0.5) is 0 Å². The van der Waals surface area contributed by atoms with Gasteiger partial charge in [-0.25, -0.2) is 0 Å². The Morgan fingerprint density at radius 3 is 2.32 bits per heavy atom. The van der Waals surface area contributed by atoms with Gasteiger partial charge in [-0.2, -0.15) is 0 Å². The molecule has 2 rings (SSSR count). The topological polar surface area (TPSA) is 67.8 Å². The van der Waals surface area contributed by atoms with Crippen molar-refractivity contribution in [3.05, 3.63) is 59.2 Å². The summed E-state index contributed by atoms with van der Waals surface area (Å²) in [5.41, 5.74) is 3.27. The van der Waals surface area contributed by atoms with Crippen LogP contribution in [0.15, 0.2) is 42.5 Å². The van der Waals surface area contributed by atoms with Gasteiger partial charge in [0, 0.05) is 6.54 Å². The molecule has 5 nitrogen and oxygen atoms in total. The molecular formula is C23H31NO4. The van der Waals surface area contributed by atoms with E-state index < -0.39 is 12.0 Å². The molecule has 0 aromatic heterocycles. The van der Waals surface area contributed by atoms with Crippen molar-refractivity contribution in [1.29, 1.82) is 0 Å². The molecular weight excluding hydrogens is 354 g/mol. The van der Waals surface area contributed by atoms with Crippen molar-refractivity contribution in [2.75, 3.05) is 6.61 Å². The minimum atomic E-state index is -0.822. The number of aryl methyl sites for hydroxylation is 1. The number of hydrogen-bond acceptors (Lipinski definition) is 4. The smallest absolute Gasteiger partial charge is 0.320 e. The summed E-state index contributed by atoms with van der Waals surface area (Å²) >= 11 is 0. The molecule has 2 N–H and O–H groups in total. The highest BCUT2D eigenvalue weighted by molar-refractivity contribution is 5.73. The van der Waals surface area contributed by atoms with Gasteiger partial charge < -0.3 is 19.9 Å². The summed E-state index contributed by atoms with van der Waals surface area (Å²) < 4.78 is 11.7. The molecule has 0 saturated heterocycles. The molecule has 28 heavy (non-hydrogen) atoms. The van der Waals surface area contributed by atoms with Gasteiger partial charge in [-0.3, -0.25) is 4.79 Å². The van der Waals surface area contributed by atoms with Crippen LogP contribution in [0.25, 0.3) is 0 Å². The van der Waals surface area contributed by atoms with Gasteiger partial charge in [-0.15, -0.1) is 0 Å². The van der Waals surface area contributed by atoms with E-state index in [0.29, 0.717) is 43.6 Å². The first kappa shape index (κ1) is 21.8. The fourth-order valence-corrected chi connectivity index (χ4v) is 2.88. The van der Waals surface area contributed by atoms with E-state index in [9.17, 15) is 9.90 Å². The maximum Gasteiger partial charge on any atom is 0.320 e. The highest BCUT2D eigenvalue weighted by atomic mass is 16.5. The minimum Gasteiger partial charge on any atom is -0.490 e. The van der Waals surface area contributed by atoms with E-state index in [1.807, 2.05) is 39.0 Å². The summed E-state index contributed by atoms with van der Waals surface area (Å²) in [6.07, 6.45) is 0.589. The average molecular weight is 386 g/mol. The number of ether oxygens (including phenoxy) is 2. The van der Waals surface area contributed by atoms with E-state index in [2.05, 4.69) is 36.5 Å². The quantitative estimate of drug-likeness (QED) is 0.593. The second kappa shape index (κ2) is 10.7. The van der Waals surface area contributed by atoms with Crippen LogP contribution in [0.5, 0.6) is 11.5 Å².